The van der Waals surface area contributed by atoms with E-state index in [9.17, 15) is 5.11 Å². The van der Waals surface area contributed by atoms with E-state index in [1.54, 1.807) is 6.20 Å². The molecule has 1 aliphatic carbocycles. The fraction of sp³-hybridized carbons (Fsp3) is 0.389. The second-order valence-corrected chi connectivity index (χ2v) is 5.94. The number of nitrogens with one attached hydrogen (secondary N) is 1. The quantitative estimate of drug-likeness (QED) is 0.825. The van der Waals surface area contributed by atoms with Gasteiger partial charge in [-0.05, 0) is 31.4 Å². The fourth-order valence-corrected chi connectivity index (χ4v) is 2.63. The lowest BCUT2D eigenvalue weighted by atomic mass is 9.80. The van der Waals surface area contributed by atoms with Crippen LogP contribution < -0.4 is 10.1 Å². The van der Waals surface area contributed by atoms with Crippen LogP contribution in [0.25, 0.3) is 0 Å². The van der Waals surface area contributed by atoms with Gasteiger partial charge in [-0.25, -0.2) is 0 Å². The fourth-order valence-electron chi connectivity index (χ4n) is 2.63. The summed E-state index contributed by atoms with van der Waals surface area (Å²) in [6, 6.07) is 11.9. The Kier molecular flexibility index (Phi) is 4.71. The molecule has 1 fully saturated rings. The van der Waals surface area contributed by atoms with Gasteiger partial charge in [0.2, 0.25) is 0 Å². The molecule has 1 aliphatic rings. The molecule has 0 atom stereocenters. The predicted octanol–water partition coefficient (Wildman–Crippen LogP) is 2.67. The minimum atomic E-state index is -0.495. The second kappa shape index (κ2) is 6.90. The Morgan fingerprint density at radius 1 is 1.18 bits per heavy atom. The summed E-state index contributed by atoms with van der Waals surface area (Å²) < 4.78 is 5.90. The van der Waals surface area contributed by atoms with Crippen molar-refractivity contribution in [2.45, 2.75) is 38.0 Å². The summed E-state index contributed by atoms with van der Waals surface area (Å²) in [6.07, 6.45) is 6.50. The van der Waals surface area contributed by atoms with Crippen LogP contribution in [0, 0.1) is 0 Å². The first-order chi connectivity index (χ1) is 10.8. The van der Waals surface area contributed by atoms with Gasteiger partial charge in [-0.3, -0.25) is 4.98 Å². The summed E-state index contributed by atoms with van der Waals surface area (Å²) in [5, 5.41) is 13.4. The van der Waals surface area contributed by atoms with E-state index in [-0.39, 0.29) is 0 Å². The molecule has 1 aromatic carbocycles. The first-order valence-corrected chi connectivity index (χ1v) is 7.78. The molecule has 0 radical (unpaired) electrons. The Hall–Kier alpha value is -1.91. The molecule has 22 heavy (non-hydrogen) atoms. The molecule has 116 valence electrons. The number of ether oxygens (including phenoxy) is 1. The Labute approximate surface area is 131 Å². The van der Waals surface area contributed by atoms with Gasteiger partial charge in [-0.2, -0.15) is 0 Å². The van der Waals surface area contributed by atoms with Crippen LogP contribution in [-0.2, 0) is 13.2 Å². The van der Waals surface area contributed by atoms with Gasteiger partial charge in [-0.1, -0.05) is 24.3 Å². The van der Waals surface area contributed by atoms with Crippen LogP contribution in [0.1, 0.15) is 30.4 Å². The highest BCUT2D eigenvalue weighted by Crippen LogP contribution is 2.30. The van der Waals surface area contributed by atoms with Crippen LogP contribution >= 0.6 is 0 Å². The van der Waals surface area contributed by atoms with Crippen LogP contribution in [0.3, 0.4) is 0 Å². The normalized spacial score (nSPS) is 16.0. The third kappa shape index (κ3) is 3.84. The first-order valence-electron chi connectivity index (χ1n) is 7.78. The molecule has 0 bridgehead atoms. The smallest absolute Gasteiger partial charge is 0.124 e. The van der Waals surface area contributed by atoms with Crippen molar-refractivity contribution in [2.75, 3.05) is 6.54 Å². The van der Waals surface area contributed by atoms with Gasteiger partial charge >= 0.3 is 0 Å². The number of benzene rings is 1. The van der Waals surface area contributed by atoms with Crippen LogP contribution in [0.2, 0.25) is 0 Å². The topological polar surface area (TPSA) is 54.4 Å². The van der Waals surface area contributed by atoms with E-state index in [1.165, 1.54) is 0 Å². The Balaban J connectivity index is 1.55. The van der Waals surface area contributed by atoms with Crippen molar-refractivity contribution in [2.24, 2.45) is 0 Å². The molecular weight excluding hydrogens is 276 g/mol. The maximum absolute atomic E-state index is 10.1. The van der Waals surface area contributed by atoms with E-state index in [0.29, 0.717) is 19.7 Å². The third-order valence-corrected chi connectivity index (χ3v) is 4.14. The summed E-state index contributed by atoms with van der Waals surface area (Å²) in [6.45, 7) is 1.85. The molecule has 4 nitrogen and oxygen atoms in total. The van der Waals surface area contributed by atoms with E-state index in [2.05, 4.69) is 16.4 Å². The molecular formula is C18H22N2O2. The summed E-state index contributed by atoms with van der Waals surface area (Å²) >= 11 is 0. The predicted molar refractivity (Wildman–Crippen MR) is 85.5 cm³/mol. The lowest BCUT2D eigenvalue weighted by Crippen LogP contribution is -2.46. The van der Waals surface area contributed by atoms with Crippen molar-refractivity contribution in [3.8, 4) is 5.75 Å². The molecule has 4 heteroatoms. The summed E-state index contributed by atoms with van der Waals surface area (Å²) in [7, 11) is 0. The van der Waals surface area contributed by atoms with E-state index < -0.39 is 5.60 Å². The summed E-state index contributed by atoms with van der Waals surface area (Å²) in [5.74, 6) is 0.874. The monoisotopic (exact) mass is 298 g/mol. The van der Waals surface area contributed by atoms with Gasteiger partial charge in [-0.15, -0.1) is 0 Å². The first kappa shape index (κ1) is 15.0. The van der Waals surface area contributed by atoms with Gasteiger partial charge in [0.15, 0.2) is 0 Å². The van der Waals surface area contributed by atoms with Crippen molar-refractivity contribution < 1.29 is 9.84 Å². The minimum Gasteiger partial charge on any atom is -0.489 e. The van der Waals surface area contributed by atoms with Gasteiger partial charge in [0.25, 0.3) is 0 Å². The average molecular weight is 298 g/mol. The Morgan fingerprint density at radius 2 is 2.05 bits per heavy atom. The van der Waals surface area contributed by atoms with Crippen molar-refractivity contribution in [1.29, 1.82) is 0 Å². The van der Waals surface area contributed by atoms with Crippen LogP contribution in [0.15, 0.2) is 48.8 Å². The maximum Gasteiger partial charge on any atom is 0.124 e. The third-order valence-electron chi connectivity index (χ3n) is 4.14. The van der Waals surface area contributed by atoms with E-state index in [0.717, 1.165) is 36.1 Å². The highest BCUT2D eigenvalue weighted by molar-refractivity contribution is 5.33. The molecule has 0 spiro atoms. The summed E-state index contributed by atoms with van der Waals surface area (Å²) in [5.41, 5.74) is 1.66. The number of rotatable bonds is 7. The molecule has 1 aromatic heterocycles. The Bertz CT molecular complexity index is 597. The van der Waals surface area contributed by atoms with E-state index in [4.69, 9.17) is 4.74 Å². The number of pyridine rings is 1. The van der Waals surface area contributed by atoms with Crippen molar-refractivity contribution in [3.63, 3.8) is 0 Å². The highest BCUT2D eigenvalue weighted by atomic mass is 16.5. The lowest BCUT2D eigenvalue weighted by molar-refractivity contribution is -0.0315. The van der Waals surface area contributed by atoms with E-state index in [1.807, 2.05) is 36.5 Å². The molecule has 2 N–H and O–H groups in total. The standard InChI is InChI=1S/C18H22N2O2/c21-18(8-4-9-18)14-20-12-16-6-1-2-7-17(16)22-13-15-5-3-10-19-11-15/h1-3,5-7,10-11,20-21H,4,8-9,12-14H2. The van der Waals surface area contributed by atoms with Gasteiger partial charge in [0.1, 0.15) is 12.4 Å². The zero-order valence-electron chi connectivity index (χ0n) is 12.7. The molecule has 1 saturated carbocycles. The Morgan fingerprint density at radius 3 is 2.77 bits per heavy atom. The highest BCUT2D eigenvalue weighted by Gasteiger charge is 2.33. The molecule has 0 aliphatic heterocycles. The SMILES string of the molecule is OC1(CNCc2ccccc2OCc2cccnc2)CCC1. The summed E-state index contributed by atoms with van der Waals surface area (Å²) in [4.78, 5) is 4.09. The van der Waals surface area contributed by atoms with Gasteiger partial charge in [0, 0.05) is 36.6 Å². The molecule has 3 rings (SSSR count). The van der Waals surface area contributed by atoms with Gasteiger partial charge < -0.3 is 15.2 Å². The number of para-hydroxylation sites is 1. The lowest BCUT2D eigenvalue weighted by Gasteiger charge is -2.36. The number of hydrogen-bond donors (Lipinski definition) is 2. The van der Waals surface area contributed by atoms with E-state index >= 15 is 0 Å². The molecule has 0 amide bonds. The van der Waals surface area contributed by atoms with Crippen LogP contribution in [0.4, 0.5) is 0 Å². The number of hydrogen-bond acceptors (Lipinski definition) is 4. The van der Waals surface area contributed by atoms with Crippen molar-refractivity contribution in [3.05, 3.63) is 59.9 Å². The number of aliphatic hydroxyl groups is 1. The molecule has 2 aromatic rings. The zero-order valence-corrected chi connectivity index (χ0v) is 12.7. The van der Waals surface area contributed by atoms with Crippen molar-refractivity contribution >= 4 is 0 Å². The van der Waals surface area contributed by atoms with Crippen LogP contribution in [0.5, 0.6) is 5.75 Å². The average Bonchev–Trinajstić information content (AvgIpc) is 2.53. The van der Waals surface area contributed by atoms with Crippen LogP contribution in [-0.4, -0.2) is 22.2 Å². The number of nitrogens with zero attached hydrogens (tertiary/aromatic N) is 1. The zero-order chi connectivity index (χ0) is 15.3. The minimum absolute atomic E-state index is 0.495. The second-order valence-electron chi connectivity index (χ2n) is 5.94. The number of aromatic nitrogens is 1. The maximum atomic E-state index is 10.1. The molecule has 0 saturated heterocycles. The largest absolute Gasteiger partial charge is 0.489 e. The van der Waals surface area contributed by atoms with Gasteiger partial charge in [0.05, 0.1) is 5.60 Å². The molecule has 0 unspecified atom stereocenters. The molecule has 1 heterocycles. The van der Waals surface area contributed by atoms with Crippen molar-refractivity contribution in [1.82, 2.24) is 10.3 Å².